The fourth-order valence-corrected chi connectivity index (χ4v) is 1.74. The molecule has 1 heterocycles. The van der Waals surface area contributed by atoms with Crippen molar-refractivity contribution in [2.24, 2.45) is 0 Å². The van der Waals surface area contributed by atoms with Crippen LogP contribution in [0.2, 0.25) is 0 Å². The molecule has 64 valence electrons. The monoisotopic (exact) mass is 162 g/mol. The summed E-state index contributed by atoms with van der Waals surface area (Å²) in [5.74, 6) is 0. The Bertz CT molecular complexity index is 294. The van der Waals surface area contributed by atoms with Gasteiger partial charge in [0.2, 0.25) is 0 Å². The van der Waals surface area contributed by atoms with Crippen molar-refractivity contribution >= 4 is 5.69 Å². The quantitative estimate of drug-likeness (QED) is 0.564. The van der Waals surface area contributed by atoms with Gasteiger partial charge in [-0.3, -0.25) is 0 Å². The second-order valence-electron chi connectivity index (χ2n) is 3.47. The highest BCUT2D eigenvalue weighted by atomic mass is 14.9. The van der Waals surface area contributed by atoms with Gasteiger partial charge in [0.15, 0.2) is 0 Å². The molecule has 0 amide bonds. The molecule has 1 aliphatic heterocycles. The number of fused-ring (bicyclic) bond motifs is 1. The van der Waals surface area contributed by atoms with Crippen molar-refractivity contribution in [2.45, 2.75) is 25.9 Å². The first-order chi connectivity index (χ1) is 5.77. The van der Waals surface area contributed by atoms with E-state index in [1.807, 2.05) is 12.1 Å². The second-order valence-corrected chi connectivity index (χ2v) is 3.47. The molecule has 1 aliphatic rings. The van der Waals surface area contributed by atoms with Crippen LogP contribution in [-0.4, -0.2) is 6.04 Å². The molecule has 0 saturated carbocycles. The summed E-state index contributed by atoms with van der Waals surface area (Å²) in [5.41, 5.74) is 9.46. The number of nitrogen functional groups attached to an aromatic ring is 1. The van der Waals surface area contributed by atoms with Gasteiger partial charge in [0.25, 0.3) is 0 Å². The molecule has 0 saturated heterocycles. The molecule has 1 atom stereocenters. The number of nitrogens with two attached hydrogens (primary N) is 1. The van der Waals surface area contributed by atoms with E-state index in [0.717, 1.165) is 18.7 Å². The molecule has 0 spiro atoms. The molecule has 0 aromatic heterocycles. The Kier molecular flexibility index (Phi) is 1.77. The number of anilines is 1. The van der Waals surface area contributed by atoms with Crippen molar-refractivity contribution in [3.63, 3.8) is 0 Å². The minimum Gasteiger partial charge on any atom is -0.398 e. The molecule has 2 nitrogen and oxygen atoms in total. The van der Waals surface area contributed by atoms with Crippen LogP contribution in [0, 0.1) is 0 Å². The Labute approximate surface area is 72.8 Å². The van der Waals surface area contributed by atoms with Crippen LogP contribution in [0.1, 0.15) is 18.1 Å². The molecule has 3 N–H and O–H groups in total. The lowest BCUT2D eigenvalue weighted by Gasteiger charge is -2.24. The van der Waals surface area contributed by atoms with Crippen LogP contribution in [0.4, 0.5) is 5.69 Å². The van der Waals surface area contributed by atoms with E-state index in [0.29, 0.717) is 6.04 Å². The zero-order valence-corrected chi connectivity index (χ0v) is 7.30. The molecular formula is C10H14N2. The molecule has 12 heavy (non-hydrogen) atoms. The van der Waals surface area contributed by atoms with Crippen LogP contribution in [0.15, 0.2) is 18.2 Å². The van der Waals surface area contributed by atoms with Crippen LogP contribution < -0.4 is 11.1 Å². The highest BCUT2D eigenvalue weighted by Crippen LogP contribution is 2.21. The predicted octanol–water partition coefficient (Wildman–Crippen LogP) is 1.30. The highest BCUT2D eigenvalue weighted by molar-refractivity contribution is 5.51. The molecule has 0 aliphatic carbocycles. The smallest absolute Gasteiger partial charge is 0.0362 e. The van der Waals surface area contributed by atoms with Crippen LogP contribution in [0.5, 0.6) is 0 Å². The van der Waals surface area contributed by atoms with Gasteiger partial charge in [-0.25, -0.2) is 0 Å². The third kappa shape index (κ3) is 1.18. The van der Waals surface area contributed by atoms with E-state index < -0.39 is 0 Å². The largest absolute Gasteiger partial charge is 0.398 e. The lowest BCUT2D eigenvalue weighted by molar-refractivity contribution is 0.515. The van der Waals surface area contributed by atoms with Gasteiger partial charge < -0.3 is 11.1 Å². The van der Waals surface area contributed by atoms with Gasteiger partial charge in [0.1, 0.15) is 0 Å². The average Bonchev–Trinajstić information content (AvgIpc) is 2.04. The molecule has 0 bridgehead atoms. The fourth-order valence-electron chi connectivity index (χ4n) is 1.74. The Morgan fingerprint density at radius 1 is 1.50 bits per heavy atom. The molecule has 2 heteroatoms. The minimum absolute atomic E-state index is 0.583. The Balaban J connectivity index is 2.42. The fraction of sp³-hybridized carbons (Fsp3) is 0.400. The van der Waals surface area contributed by atoms with Gasteiger partial charge >= 0.3 is 0 Å². The van der Waals surface area contributed by atoms with Gasteiger partial charge in [-0.1, -0.05) is 12.1 Å². The summed E-state index contributed by atoms with van der Waals surface area (Å²) in [6, 6.07) is 6.76. The number of rotatable bonds is 0. The highest BCUT2D eigenvalue weighted by Gasteiger charge is 2.15. The van der Waals surface area contributed by atoms with E-state index in [4.69, 9.17) is 5.73 Å². The van der Waals surface area contributed by atoms with Crippen LogP contribution in [0.25, 0.3) is 0 Å². The lowest BCUT2D eigenvalue weighted by atomic mass is 9.95. The maximum Gasteiger partial charge on any atom is 0.0362 e. The molecule has 0 radical (unpaired) electrons. The maximum atomic E-state index is 5.85. The normalized spacial score (nSPS) is 21.9. The summed E-state index contributed by atoms with van der Waals surface area (Å²) in [6.45, 7) is 3.12. The third-order valence-corrected chi connectivity index (χ3v) is 2.46. The summed E-state index contributed by atoms with van der Waals surface area (Å²) >= 11 is 0. The first kappa shape index (κ1) is 7.62. The molecule has 1 unspecified atom stereocenters. The Morgan fingerprint density at radius 2 is 2.33 bits per heavy atom. The van der Waals surface area contributed by atoms with Crippen molar-refractivity contribution in [2.75, 3.05) is 5.73 Å². The predicted molar refractivity (Wildman–Crippen MR) is 50.9 cm³/mol. The van der Waals surface area contributed by atoms with Crippen molar-refractivity contribution < 1.29 is 0 Å². The summed E-state index contributed by atoms with van der Waals surface area (Å²) in [5, 5.41) is 3.40. The van der Waals surface area contributed by atoms with Gasteiger partial charge in [0.05, 0.1) is 0 Å². The van der Waals surface area contributed by atoms with Gasteiger partial charge in [0, 0.05) is 18.3 Å². The molecule has 1 aromatic carbocycles. The minimum atomic E-state index is 0.583. The zero-order chi connectivity index (χ0) is 8.55. The third-order valence-electron chi connectivity index (χ3n) is 2.46. The van der Waals surface area contributed by atoms with Gasteiger partial charge in [-0.15, -0.1) is 0 Å². The summed E-state index contributed by atoms with van der Waals surface area (Å²) in [4.78, 5) is 0. The van der Waals surface area contributed by atoms with Crippen molar-refractivity contribution in [3.8, 4) is 0 Å². The molecule has 0 fully saturated rings. The van der Waals surface area contributed by atoms with Crippen molar-refractivity contribution in [1.29, 1.82) is 0 Å². The first-order valence-corrected chi connectivity index (χ1v) is 4.37. The van der Waals surface area contributed by atoms with E-state index in [9.17, 15) is 0 Å². The van der Waals surface area contributed by atoms with Crippen LogP contribution in [-0.2, 0) is 13.0 Å². The van der Waals surface area contributed by atoms with E-state index >= 15 is 0 Å². The van der Waals surface area contributed by atoms with Crippen molar-refractivity contribution in [1.82, 2.24) is 5.32 Å². The topological polar surface area (TPSA) is 38.0 Å². The SMILES string of the molecule is CC1Cc2cccc(N)c2CN1. The van der Waals surface area contributed by atoms with E-state index in [-0.39, 0.29) is 0 Å². The number of nitrogens with one attached hydrogen (secondary N) is 1. The molecule has 2 rings (SSSR count). The Hall–Kier alpha value is -1.02. The van der Waals surface area contributed by atoms with Crippen LogP contribution in [0.3, 0.4) is 0 Å². The molecule has 1 aromatic rings. The molecular weight excluding hydrogens is 148 g/mol. The van der Waals surface area contributed by atoms with Crippen molar-refractivity contribution in [3.05, 3.63) is 29.3 Å². The lowest BCUT2D eigenvalue weighted by Crippen LogP contribution is -2.33. The van der Waals surface area contributed by atoms with Gasteiger partial charge in [-0.2, -0.15) is 0 Å². The number of benzene rings is 1. The van der Waals surface area contributed by atoms with Gasteiger partial charge in [-0.05, 0) is 30.5 Å². The maximum absolute atomic E-state index is 5.85. The second kappa shape index (κ2) is 2.79. The Morgan fingerprint density at radius 3 is 3.17 bits per heavy atom. The van der Waals surface area contributed by atoms with E-state index in [2.05, 4.69) is 18.3 Å². The van der Waals surface area contributed by atoms with E-state index in [1.165, 1.54) is 11.1 Å². The van der Waals surface area contributed by atoms with E-state index in [1.54, 1.807) is 0 Å². The standard InChI is InChI=1S/C10H14N2/c1-7-5-8-3-2-4-10(11)9(8)6-12-7/h2-4,7,12H,5-6,11H2,1H3. The summed E-state index contributed by atoms with van der Waals surface area (Å²) in [6.07, 6.45) is 1.10. The zero-order valence-electron chi connectivity index (χ0n) is 7.30. The first-order valence-electron chi connectivity index (χ1n) is 4.37. The average molecular weight is 162 g/mol. The number of hydrogen-bond donors (Lipinski definition) is 2. The summed E-state index contributed by atoms with van der Waals surface area (Å²) in [7, 11) is 0. The summed E-state index contributed by atoms with van der Waals surface area (Å²) < 4.78 is 0. The van der Waals surface area contributed by atoms with Crippen LogP contribution >= 0.6 is 0 Å². The number of hydrogen-bond acceptors (Lipinski definition) is 2.